The number of aliphatic carboxylic acids is 1. The van der Waals surface area contributed by atoms with Gasteiger partial charge in [-0.2, -0.15) is 13.2 Å². The standard InChI is InChI=1S/C22H23F3N2O5/c1-32-18-11-8-16(9-12-18)20(30)27(14-19(28)29)13-17(26-21(31)22(23,24)25)10-7-15-5-3-2-4-6-15/h2-6,8-9,11-12,17H,7,10,13-14H2,1H3,(H,26,31)(H,28,29)/t17-/m0/s1. The van der Waals surface area contributed by atoms with Gasteiger partial charge in [0.1, 0.15) is 12.3 Å². The molecule has 10 heteroatoms. The first-order valence-electron chi connectivity index (χ1n) is 9.67. The Balaban J connectivity index is 2.22. The Kier molecular flexibility index (Phi) is 8.62. The summed E-state index contributed by atoms with van der Waals surface area (Å²) < 4.78 is 43.5. The lowest BCUT2D eigenvalue weighted by molar-refractivity contribution is -0.174. The van der Waals surface area contributed by atoms with Crippen molar-refractivity contribution in [3.8, 4) is 5.75 Å². The fraction of sp³-hybridized carbons (Fsp3) is 0.318. The molecule has 0 aromatic heterocycles. The van der Waals surface area contributed by atoms with Crippen LogP contribution in [0.4, 0.5) is 13.2 Å². The summed E-state index contributed by atoms with van der Waals surface area (Å²) in [6.07, 6.45) is -4.72. The third-order valence-electron chi connectivity index (χ3n) is 4.61. The summed E-state index contributed by atoms with van der Waals surface area (Å²) in [4.78, 5) is 36.6. The predicted molar refractivity (Wildman–Crippen MR) is 109 cm³/mol. The molecular weight excluding hydrogens is 429 g/mol. The van der Waals surface area contributed by atoms with E-state index in [1.54, 1.807) is 30.3 Å². The van der Waals surface area contributed by atoms with Crippen LogP contribution in [0.2, 0.25) is 0 Å². The Bertz CT molecular complexity index is 917. The zero-order valence-corrected chi connectivity index (χ0v) is 17.3. The van der Waals surface area contributed by atoms with E-state index in [1.165, 1.54) is 31.4 Å². The van der Waals surface area contributed by atoms with Crippen LogP contribution in [0.15, 0.2) is 54.6 Å². The van der Waals surface area contributed by atoms with Gasteiger partial charge in [-0.1, -0.05) is 30.3 Å². The maximum atomic E-state index is 12.9. The van der Waals surface area contributed by atoms with Gasteiger partial charge in [0.25, 0.3) is 5.91 Å². The van der Waals surface area contributed by atoms with Crippen molar-refractivity contribution in [2.75, 3.05) is 20.2 Å². The average molecular weight is 452 g/mol. The first-order valence-corrected chi connectivity index (χ1v) is 9.67. The summed E-state index contributed by atoms with van der Waals surface area (Å²) in [5.41, 5.74) is 0.959. The number of hydrogen-bond donors (Lipinski definition) is 2. The molecule has 0 saturated heterocycles. The van der Waals surface area contributed by atoms with Crippen LogP contribution in [-0.2, 0) is 16.0 Å². The molecule has 2 aromatic carbocycles. The summed E-state index contributed by atoms with van der Waals surface area (Å²) >= 11 is 0. The number of hydrogen-bond acceptors (Lipinski definition) is 4. The molecule has 0 heterocycles. The van der Waals surface area contributed by atoms with E-state index in [0.29, 0.717) is 12.2 Å². The lowest BCUT2D eigenvalue weighted by Gasteiger charge is -2.27. The van der Waals surface area contributed by atoms with Crippen molar-refractivity contribution >= 4 is 17.8 Å². The van der Waals surface area contributed by atoms with Crippen LogP contribution >= 0.6 is 0 Å². The number of nitrogens with zero attached hydrogens (tertiary/aromatic N) is 1. The number of ether oxygens (including phenoxy) is 1. The number of carbonyl (C=O) groups is 3. The first-order chi connectivity index (χ1) is 15.1. The van der Waals surface area contributed by atoms with Gasteiger partial charge in [0.15, 0.2) is 0 Å². The third-order valence-corrected chi connectivity index (χ3v) is 4.61. The monoisotopic (exact) mass is 452 g/mol. The fourth-order valence-electron chi connectivity index (χ4n) is 3.03. The molecule has 2 rings (SSSR count). The molecule has 0 saturated carbocycles. The first kappa shape index (κ1) is 24.7. The van der Waals surface area contributed by atoms with Gasteiger partial charge in [0, 0.05) is 18.2 Å². The second kappa shape index (κ2) is 11.2. The van der Waals surface area contributed by atoms with Gasteiger partial charge in [-0.3, -0.25) is 14.4 Å². The highest BCUT2D eigenvalue weighted by Gasteiger charge is 2.40. The molecule has 0 fully saturated rings. The van der Waals surface area contributed by atoms with E-state index >= 15 is 0 Å². The molecule has 1 atom stereocenters. The number of carboxylic acid groups (broad SMARTS) is 1. The normalized spacial score (nSPS) is 12.0. The summed E-state index contributed by atoms with van der Waals surface area (Å²) in [6, 6.07) is 13.6. The fourth-order valence-corrected chi connectivity index (χ4v) is 3.03. The topological polar surface area (TPSA) is 95.9 Å². The highest BCUT2D eigenvalue weighted by Crippen LogP contribution is 2.17. The Morgan fingerprint density at radius 2 is 1.69 bits per heavy atom. The van der Waals surface area contributed by atoms with Crippen LogP contribution in [-0.4, -0.2) is 60.2 Å². The Labute approximate surface area is 182 Å². The van der Waals surface area contributed by atoms with Gasteiger partial charge in [-0.15, -0.1) is 0 Å². The van der Waals surface area contributed by atoms with Crippen molar-refractivity contribution < 1.29 is 37.4 Å². The van der Waals surface area contributed by atoms with Crippen molar-refractivity contribution in [3.05, 3.63) is 65.7 Å². The maximum Gasteiger partial charge on any atom is 0.471 e. The lowest BCUT2D eigenvalue weighted by atomic mass is 10.0. The number of methoxy groups -OCH3 is 1. The van der Waals surface area contributed by atoms with Crippen molar-refractivity contribution in [2.45, 2.75) is 25.1 Å². The zero-order chi connectivity index (χ0) is 23.7. The molecular formula is C22H23F3N2O5. The predicted octanol–water partition coefficient (Wildman–Crippen LogP) is 2.90. The largest absolute Gasteiger partial charge is 0.497 e. The molecule has 7 nitrogen and oxygen atoms in total. The van der Waals surface area contributed by atoms with Gasteiger partial charge < -0.3 is 20.1 Å². The van der Waals surface area contributed by atoms with Gasteiger partial charge in [-0.25, -0.2) is 0 Å². The molecule has 0 aliphatic carbocycles. The van der Waals surface area contributed by atoms with E-state index in [-0.39, 0.29) is 12.0 Å². The van der Waals surface area contributed by atoms with Gasteiger partial charge in [0.05, 0.1) is 7.11 Å². The second-order valence-corrected chi connectivity index (χ2v) is 7.00. The number of carboxylic acids is 1. The highest BCUT2D eigenvalue weighted by atomic mass is 19.4. The molecule has 2 amide bonds. The molecule has 2 aromatic rings. The summed E-state index contributed by atoms with van der Waals surface area (Å²) in [6.45, 7) is -1.15. The van der Waals surface area contributed by atoms with Gasteiger partial charge in [0.2, 0.25) is 0 Å². The minimum Gasteiger partial charge on any atom is -0.497 e. The molecule has 0 bridgehead atoms. The number of amides is 2. The minimum absolute atomic E-state index is 0.0673. The van der Waals surface area contributed by atoms with E-state index < -0.39 is 43.1 Å². The van der Waals surface area contributed by atoms with Crippen molar-refractivity contribution in [2.24, 2.45) is 0 Å². The number of carbonyl (C=O) groups excluding carboxylic acids is 2. The van der Waals surface area contributed by atoms with Crippen LogP contribution in [0.3, 0.4) is 0 Å². The average Bonchev–Trinajstić information content (AvgIpc) is 2.76. The van der Waals surface area contributed by atoms with Crippen LogP contribution in [0.25, 0.3) is 0 Å². The number of nitrogens with one attached hydrogen (secondary N) is 1. The Hall–Kier alpha value is -3.56. The summed E-state index contributed by atoms with van der Waals surface area (Å²) in [7, 11) is 1.44. The molecule has 0 spiro atoms. The SMILES string of the molecule is COc1ccc(C(=O)N(CC(=O)O)C[C@H](CCc2ccccc2)NC(=O)C(F)(F)F)cc1. The molecule has 172 valence electrons. The summed E-state index contributed by atoms with van der Waals surface area (Å²) in [5, 5.41) is 11.1. The number of rotatable bonds is 10. The number of benzene rings is 2. The smallest absolute Gasteiger partial charge is 0.471 e. The maximum absolute atomic E-state index is 12.9. The van der Waals surface area contributed by atoms with Gasteiger partial charge in [-0.05, 0) is 42.7 Å². The van der Waals surface area contributed by atoms with E-state index in [4.69, 9.17) is 4.74 Å². The van der Waals surface area contributed by atoms with Crippen molar-refractivity contribution in [3.63, 3.8) is 0 Å². The van der Waals surface area contributed by atoms with E-state index in [0.717, 1.165) is 10.5 Å². The van der Waals surface area contributed by atoms with E-state index in [1.807, 2.05) is 5.32 Å². The zero-order valence-electron chi connectivity index (χ0n) is 17.3. The minimum atomic E-state index is -5.11. The van der Waals surface area contributed by atoms with Crippen molar-refractivity contribution in [1.29, 1.82) is 0 Å². The summed E-state index contributed by atoms with van der Waals surface area (Å²) in [5.74, 6) is -3.70. The molecule has 0 aliphatic heterocycles. The molecule has 0 aliphatic rings. The molecule has 0 radical (unpaired) electrons. The van der Waals surface area contributed by atoms with Crippen LogP contribution in [0.1, 0.15) is 22.3 Å². The highest BCUT2D eigenvalue weighted by molar-refractivity contribution is 5.96. The lowest BCUT2D eigenvalue weighted by Crippen LogP contribution is -2.50. The van der Waals surface area contributed by atoms with Crippen LogP contribution in [0.5, 0.6) is 5.75 Å². The van der Waals surface area contributed by atoms with Crippen molar-refractivity contribution in [1.82, 2.24) is 10.2 Å². The number of halogens is 3. The number of alkyl halides is 3. The molecule has 32 heavy (non-hydrogen) atoms. The number of aryl methyl sites for hydroxylation is 1. The van der Waals surface area contributed by atoms with Gasteiger partial charge >= 0.3 is 18.1 Å². The molecule has 2 N–H and O–H groups in total. The van der Waals surface area contributed by atoms with Crippen LogP contribution < -0.4 is 10.1 Å². The Morgan fingerprint density at radius 3 is 2.22 bits per heavy atom. The Morgan fingerprint density at radius 1 is 1.06 bits per heavy atom. The van der Waals surface area contributed by atoms with E-state index in [2.05, 4.69) is 0 Å². The third kappa shape index (κ3) is 7.60. The quantitative estimate of drug-likeness (QED) is 0.578. The molecule has 0 unspecified atom stereocenters. The van der Waals surface area contributed by atoms with Crippen LogP contribution in [0, 0.1) is 0 Å². The van der Waals surface area contributed by atoms with E-state index in [9.17, 15) is 32.7 Å². The second-order valence-electron chi connectivity index (χ2n) is 7.00.